The minimum absolute atomic E-state index is 0.167. The molecule has 0 aliphatic rings. The van der Waals surface area contributed by atoms with Crippen LogP contribution in [-0.2, 0) is 0 Å². The number of carbonyl (C=O) groups is 1. The van der Waals surface area contributed by atoms with E-state index in [1.54, 1.807) is 30.3 Å². The van der Waals surface area contributed by atoms with Crippen LogP contribution in [0.1, 0.15) is 44.2 Å². The first-order valence-corrected chi connectivity index (χ1v) is 10.7. The Morgan fingerprint density at radius 2 is 1.71 bits per heavy atom. The standard InChI is InChI=1S/C24H30N4O3/c1-5-27(6-2)15-16-31-21-14-10-9-13-20(21)25-23(29)22-18-11-7-8-12-19(18)24(30)28(26-22)17(3)4/h7-14,17H,5-6,15-16H2,1-4H3,(H,25,29). The van der Waals surface area contributed by atoms with Gasteiger partial charge in [0.15, 0.2) is 5.69 Å². The first kappa shape index (κ1) is 22.5. The topological polar surface area (TPSA) is 76.5 Å². The summed E-state index contributed by atoms with van der Waals surface area (Å²) in [5, 5.41) is 8.29. The van der Waals surface area contributed by atoms with E-state index in [2.05, 4.69) is 29.2 Å². The third kappa shape index (κ3) is 5.11. The summed E-state index contributed by atoms with van der Waals surface area (Å²) in [6.45, 7) is 11.2. The highest BCUT2D eigenvalue weighted by Gasteiger charge is 2.19. The van der Waals surface area contributed by atoms with Crippen LogP contribution in [0, 0.1) is 0 Å². The second-order valence-corrected chi connectivity index (χ2v) is 7.56. The van der Waals surface area contributed by atoms with Crippen molar-refractivity contribution in [2.75, 3.05) is 31.6 Å². The summed E-state index contributed by atoms with van der Waals surface area (Å²) in [5.41, 5.74) is 0.573. The number of likely N-dealkylation sites (N-methyl/N-ethyl adjacent to an activating group) is 1. The van der Waals surface area contributed by atoms with Crippen LogP contribution in [0.25, 0.3) is 10.8 Å². The van der Waals surface area contributed by atoms with Crippen molar-refractivity contribution in [3.05, 3.63) is 64.6 Å². The normalized spacial score (nSPS) is 11.3. The van der Waals surface area contributed by atoms with Gasteiger partial charge in [0.2, 0.25) is 0 Å². The van der Waals surface area contributed by atoms with Gasteiger partial charge in [-0.1, -0.05) is 44.2 Å². The number of nitrogens with one attached hydrogen (secondary N) is 1. The van der Waals surface area contributed by atoms with Crippen molar-refractivity contribution in [1.29, 1.82) is 0 Å². The van der Waals surface area contributed by atoms with Crippen LogP contribution < -0.4 is 15.6 Å². The number of ether oxygens (including phenoxy) is 1. The number of carbonyl (C=O) groups excluding carboxylic acids is 1. The van der Waals surface area contributed by atoms with Gasteiger partial charge in [-0.25, -0.2) is 4.68 Å². The molecular weight excluding hydrogens is 392 g/mol. The highest BCUT2D eigenvalue weighted by molar-refractivity contribution is 6.11. The largest absolute Gasteiger partial charge is 0.490 e. The maximum atomic E-state index is 13.2. The molecule has 0 bridgehead atoms. The lowest BCUT2D eigenvalue weighted by Gasteiger charge is -2.19. The number of hydrogen-bond acceptors (Lipinski definition) is 5. The first-order chi connectivity index (χ1) is 15.0. The molecule has 1 N–H and O–H groups in total. The molecule has 0 saturated heterocycles. The number of rotatable bonds is 9. The highest BCUT2D eigenvalue weighted by Crippen LogP contribution is 2.25. The molecule has 3 rings (SSSR count). The Balaban J connectivity index is 1.88. The van der Waals surface area contributed by atoms with E-state index >= 15 is 0 Å². The number of nitrogens with zero attached hydrogens (tertiary/aromatic N) is 3. The molecule has 164 valence electrons. The van der Waals surface area contributed by atoms with Crippen molar-refractivity contribution >= 4 is 22.4 Å². The summed E-state index contributed by atoms with van der Waals surface area (Å²) in [6, 6.07) is 14.2. The molecular formula is C24H30N4O3. The van der Waals surface area contributed by atoms with Gasteiger partial charge in [-0.05, 0) is 45.1 Å². The fraction of sp³-hybridized carbons (Fsp3) is 0.375. The lowest BCUT2D eigenvalue weighted by atomic mass is 10.1. The molecule has 0 saturated carbocycles. The van der Waals surface area contributed by atoms with Gasteiger partial charge in [0.05, 0.1) is 17.1 Å². The zero-order valence-corrected chi connectivity index (χ0v) is 18.6. The second-order valence-electron chi connectivity index (χ2n) is 7.56. The fourth-order valence-electron chi connectivity index (χ4n) is 3.43. The number of benzene rings is 2. The van der Waals surface area contributed by atoms with E-state index in [0.29, 0.717) is 28.8 Å². The van der Waals surface area contributed by atoms with Crippen LogP contribution in [0.3, 0.4) is 0 Å². The molecule has 2 aromatic carbocycles. The van der Waals surface area contributed by atoms with E-state index in [1.165, 1.54) is 4.68 Å². The predicted octanol–water partition coefficient (Wildman–Crippen LogP) is 3.95. The van der Waals surface area contributed by atoms with Crippen LogP contribution >= 0.6 is 0 Å². The Morgan fingerprint density at radius 1 is 1.06 bits per heavy atom. The molecule has 1 heterocycles. The van der Waals surface area contributed by atoms with Crippen molar-refractivity contribution in [2.24, 2.45) is 0 Å². The minimum Gasteiger partial charge on any atom is -0.490 e. The van der Waals surface area contributed by atoms with E-state index in [9.17, 15) is 9.59 Å². The van der Waals surface area contributed by atoms with E-state index in [1.807, 2.05) is 32.0 Å². The number of aromatic nitrogens is 2. The van der Waals surface area contributed by atoms with E-state index in [4.69, 9.17) is 4.74 Å². The molecule has 0 unspecified atom stereocenters. The van der Waals surface area contributed by atoms with Crippen molar-refractivity contribution < 1.29 is 9.53 Å². The number of para-hydroxylation sites is 2. The van der Waals surface area contributed by atoms with Crippen LogP contribution in [0.2, 0.25) is 0 Å². The summed E-state index contributed by atoms with van der Waals surface area (Å²) >= 11 is 0. The third-order valence-electron chi connectivity index (χ3n) is 5.23. The monoisotopic (exact) mass is 422 g/mol. The second kappa shape index (κ2) is 10.2. The van der Waals surface area contributed by atoms with E-state index in [-0.39, 0.29) is 23.2 Å². The lowest BCUT2D eigenvalue weighted by molar-refractivity contribution is 0.102. The Morgan fingerprint density at radius 3 is 2.39 bits per heavy atom. The van der Waals surface area contributed by atoms with Gasteiger partial charge in [-0.3, -0.25) is 9.59 Å². The Labute approximate surface area is 182 Å². The van der Waals surface area contributed by atoms with Gasteiger partial charge in [-0.15, -0.1) is 0 Å². The van der Waals surface area contributed by atoms with Crippen LogP contribution in [0.5, 0.6) is 5.75 Å². The Hall–Kier alpha value is -3.19. The van der Waals surface area contributed by atoms with E-state index in [0.717, 1.165) is 19.6 Å². The molecule has 1 amide bonds. The maximum Gasteiger partial charge on any atom is 0.276 e. The fourth-order valence-corrected chi connectivity index (χ4v) is 3.43. The van der Waals surface area contributed by atoms with Gasteiger partial charge in [0.1, 0.15) is 12.4 Å². The molecule has 1 aromatic heterocycles. The zero-order chi connectivity index (χ0) is 22.4. The van der Waals surface area contributed by atoms with Crippen molar-refractivity contribution in [3.63, 3.8) is 0 Å². The van der Waals surface area contributed by atoms with Crippen LogP contribution in [0.15, 0.2) is 53.3 Å². The van der Waals surface area contributed by atoms with Gasteiger partial charge in [-0.2, -0.15) is 5.10 Å². The molecule has 0 spiro atoms. The molecule has 0 atom stereocenters. The SMILES string of the molecule is CCN(CC)CCOc1ccccc1NC(=O)c1nn(C(C)C)c(=O)c2ccccc12. The minimum atomic E-state index is -0.384. The number of anilines is 1. The number of amides is 1. The first-order valence-electron chi connectivity index (χ1n) is 10.7. The summed E-state index contributed by atoms with van der Waals surface area (Å²) in [6.07, 6.45) is 0. The maximum absolute atomic E-state index is 13.2. The molecule has 3 aromatic rings. The van der Waals surface area contributed by atoms with Crippen molar-refractivity contribution in [3.8, 4) is 5.75 Å². The van der Waals surface area contributed by atoms with Crippen LogP contribution in [0.4, 0.5) is 5.69 Å². The highest BCUT2D eigenvalue weighted by atomic mass is 16.5. The third-order valence-corrected chi connectivity index (χ3v) is 5.23. The molecule has 7 heteroatoms. The van der Waals surface area contributed by atoms with Crippen molar-refractivity contribution in [1.82, 2.24) is 14.7 Å². The van der Waals surface area contributed by atoms with Gasteiger partial charge < -0.3 is 15.0 Å². The molecule has 7 nitrogen and oxygen atoms in total. The predicted molar refractivity (Wildman–Crippen MR) is 124 cm³/mol. The molecule has 0 aliphatic heterocycles. The smallest absolute Gasteiger partial charge is 0.276 e. The summed E-state index contributed by atoms with van der Waals surface area (Å²) in [5.74, 6) is 0.217. The number of fused-ring (bicyclic) bond motifs is 1. The molecule has 0 radical (unpaired) electrons. The molecule has 31 heavy (non-hydrogen) atoms. The average Bonchev–Trinajstić information content (AvgIpc) is 2.78. The average molecular weight is 423 g/mol. The van der Waals surface area contributed by atoms with E-state index < -0.39 is 0 Å². The zero-order valence-electron chi connectivity index (χ0n) is 18.6. The lowest BCUT2D eigenvalue weighted by Crippen LogP contribution is -2.29. The van der Waals surface area contributed by atoms with Crippen LogP contribution in [-0.4, -0.2) is 46.8 Å². The Kier molecular flexibility index (Phi) is 7.41. The molecule has 0 aliphatic carbocycles. The summed E-state index contributed by atoms with van der Waals surface area (Å²) in [7, 11) is 0. The summed E-state index contributed by atoms with van der Waals surface area (Å²) in [4.78, 5) is 28.2. The van der Waals surface area contributed by atoms with Gasteiger partial charge in [0, 0.05) is 11.9 Å². The van der Waals surface area contributed by atoms with Gasteiger partial charge >= 0.3 is 0 Å². The quantitative estimate of drug-likeness (QED) is 0.565. The Bertz CT molecular complexity index is 1100. The molecule has 0 fully saturated rings. The van der Waals surface area contributed by atoms with Crippen molar-refractivity contribution in [2.45, 2.75) is 33.7 Å². The van der Waals surface area contributed by atoms with Gasteiger partial charge in [0.25, 0.3) is 11.5 Å². The number of hydrogen-bond donors (Lipinski definition) is 1. The summed E-state index contributed by atoms with van der Waals surface area (Å²) < 4.78 is 7.30.